The highest BCUT2D eigenvalue weighted by molar-refractivity contribution is 6.30. The number of halogens is 1. The van der Waals surface area contributed by atoms with E-state index >= 15 is 0 Å². The van der Waals surface area contributed by atoms with Crippen LogP contribution in [0.1, 0.15) is 38.0 Å². The molecule has 1 unspecified atom stereocenters. The van der Waals surface area contributed by atoms with E-state index in [1.807, 2.05) is 39.0 Å². The Morgan fingerprint density at radius 2 is 1.91 bits per heavy atom. The van der Waals surface area contributed by atoms with Crippen LogP contribution in [0, 0.1) is 5.41 Å². The van der Waals surface area contributed by atoms with Gasteiger partial charge in [0.05, 0.1) is 5.02 Å². The van der Waals surface area contributed by atoms with E-state index in [2.05, 4.69) is 10.3 Å². The van der Waals surface area contributed by atoms with E-state index in [-0.39, 0.29) is 5.91 Å². The molecule has 0 spiro atoms. The van der Waals surface area contributed by atoms with Crippen LogP contribution in [0.5, 0.6) is 0 Å². The lowest BCUT2D eigenvalue weighted by Gasteiger charge is -2.20. The first-order chi connectivity index (χ1) is 10.3. The highest BCUT2D eigenvalue weighted by atomic mass is 35.5. The van der Waals surface area contributed by atoms with Crippen LogP contribution in [-0.2, 0) is 4.79 Å². The van der Waals surface area contributed by atoms with Gasteiger partial charge in [0.2, 0.25) is 5.91 Å². The smallest absolute Gasteiger partial charge is 0.230 e. The summed E-state index contributed by atoms with van der Waals surface area (Å²) in [5.41, 5.74) is 0.616. The number of anilines is 1. The van der Waals surface area contributed by atoms with E-state index < -0.39 is 11.5 Å². The van der Waals surface area contributed by atoms with Crippen LogP contribution < -0.4 is 5.32 Å². The fourth-order valence-electron chi connectivity index (χ4n) is 1.88. The zero-order valence-corrected chi connectivity index (χ0v) is 13.6. The Bertz CT molecular complexity index is 666. The van der Waals surface area contributed by atoms with Crippen molar-refractivity contribution in [2.75, 3.05) is 5.32 Å². The SMILES string of the molecule is CC(C)(C)C(=O)Nc1ncc(Cl)cc1C(O)c1ccccc1. The van der Waals surface area contributed by atoms with Crippen molar-refractivity contribution >= 4 is 23.3 Å². The normalized spacial score (nSPS) is 12.8. The van der Waals surface area contributed by atoms with Crippen molar-refractivity contribution in [3.63, 3.8) is 0 Å². The molecular weight excluding hydrogens is 300 g/mol. The van der Waals surface area contributed by atoms with E-state index in [1.54, 1.807) is 18.2 Å². The predicted molar refractivity (Wildman–Crippen MR) is 87.8 cm³/mol. The number of hydrogen-bond acceptors (Lipinski definition) is 3. The maximum absolute atomic E-state index is 12.2. The monoisotopic (exact) mass is 318 g/mol. The second-order valence-electron chi connectivity index (χ2n) is 6.11. The molecule has 1 amide bonds. The van der Waals surface area contributed by atoms with Gasteiger partial charge in [-0.05, 0) is 11.6 Å². The van der Waals surface area contributed by atoms with Crippen molar-refractivity contribution in [3.8, 4) is 0 Å². The highest BCUT2D eigenvalue weighted by Gasteiger charge is 2.24. The van der Waals surface area contributed by atoms with Gasteiger partial charge in [-0.3, -0.25) is 4.79 Å². The lowest BCUT2D eigenvalue weighted by molar-refractivity contribution is -0.123. The van der Waals surface area contributed by atoms with Crippen molar-refractivity contribution in [2.24, 2.45) is 5.41 Å². The van der Waals surface area contributed by atoms with E-state index in [0.29, 0.717) is 22.0 Å². The first-order valence-electron chi connectivity index (χ1n) is 6.99. The molecule has 0 radical (unpaired) electrons. The number of hydrogen-bond donors (Lipinski definition) is 2. The summed E-state index contributed by atoms with van der Waals surface area (Å²) in [6, 6.07) is 10.8. The van der Waals surface area contributed by atoms with Gasteiger partial charge in [-0.2, -0.15) is 0 Å². The summed E-state index contributed by atoms with van der Waals surface area (Å²) in [5.74, 6) is 0.143. The Kier molecular flexibility index (Phi) is 4.84. The summed E-state index contributed by atoms with van der Waals surface area (Å²) in [7, 11) is 0. The van der Waals surface area contributed by atoms with Gasteiger partial charge in [0.15, 0.2) is 0 Å². The van der Waals surface area contributed by atoms with E-state index in [9.17, 15) is 9.90 Å². The van der Waals surface area contributed by atoms with Gasteiger partial charge in [0.25, 0.3) is 0 Å². The molecule has 22 heavy (non-hydrogen) atoms. The number of amides is 1. The van der Waals surface area contributed by atoms with Gasteiger partial charge in [-0.15, -0.1) is 0 Å². The summed E-state index contributed by atoms with van der Waals surface area (Å²) < 4.78 is 0. The molecule has 0 aliphatic carbocycles. The third-order valence-electron chi connectivity index (χ3n) is 3.21. The van der Waals surface area contributed by atoms with Gasteiger partial charge < -0.3 is 10.4 Å². The highest BCUT2D eigenvalue weighted by Crippen LogP contribution is 2.30. The maximum atomic E-state index is 12.2. The first-order valence-corrected chi connectivity index (χ1v) is 7.37. The zero-order chi connectivity index (χ0) is 16.3. The number of aromatic nitrogens is 1. The molecular formula is C17H19ClN2O2. The minimum Gasteiger partial charge on any atom is -0.384 e. The van der Waals surface area contributed by atoms with Gasteiger partial charge in [0.1, 0.15) is 11.9 Å². The van der Waals surface area contributed by atoms with Gasteiger partial charge >= 0.3 is 0 Å². The molecule has 5 heteroatoms. The molecule has 1 atom stereocenters. The largest absolute Gasteiger partial charge is 0.384 e. The average molecular weight is 319 g/mol. The molecule has 0 aliphatic rings. The van der Waals surface area contributed by atoms with Gasteiger partial charge in [-0.25, -0.2) is 4.98 Å². The number of carbonyl (C=O) groups is 1. The molecule has 2 aromatic rings. The van der Waals surface area contributed by atoms with Crippen molar-refractivity contribution in [1.29, 1.82) is 0 Å². The third kappa shape index (κ3) is 3.84. The van der Waals surface area contributed by atoms with Crippen LogP contribution in [0.4, 0.5) is 5.82 Å². The molecule has 0 aliphatic heterocycles. The van der Waals surface area contributed by atoms with Gasteiger partial charge in [0, 0.05) is 17.2 Å². The molecule has 116 valence electrons. The minimum absolute atomic E-state index is 0.177. The van der Waals surface area contributed by atoms with Crippen molar-refractivity contribution < 1.29 is 9.90 Å². The van der Waals surface area contributed by atoms with Crippen LogP contribution in [0.15, 0.2) is 42.6 Å². The molecule has 0 bridgehead atoms. The summed E-state index contributed by atoms with van der Waals surface area (Å²) in [6.45, 7) is 5.43. The molecule has 0 saturated heterocycles. The van der Waals surface area contributed by atoms with Crippen molar-refractivity contribution in [3.05, 3.63) is 58.7 Å². The Balaban J connectivity index is 2.38. The zero-order valence-electron chi connectivity index (χ0n) is 12.8. The molecule has 0 fully saturated rings. The third-order valence-corrected chi connectivity index (χ3v) is 3.41. The number of benzene rings is 1. The molecule has 2 N–H and O–H groups in total. The second kappa shape index (κ2) is 6.46. The molecule has 1 aromatic carbocycles. The van der Waals surface area contributed by atoms with Crippen LogP contribution >= 0.6 is 11.6 Å². The Morgan fingerprint density at radius 3 is 2.50 bits per heavy atom. The molecule has 4 nitrogen and oxygen atoms in total. The lowest BCUT2D eigenvalue weighted by Crippen LogP contribution is -2.28. The summed E-state index contributed by atoms with van der Waals surface area (Å²) in [4.78, 5) is 16.3. The fraction of sp³-hybridized carbons (Fsp3) is 0.294. The molecule has 1 heterocycles. The van der Waals surface area contributed by atoms with Crippen LogP contribution in [0.2, 0.25) is 5.02 Å². The number of pyridine rings is 1. The van der Waals surface area contributed by atoms with Crippen LogP contribution in [-0.4, -0.2) is 16.0 Å². The Labute approximate surface area is 135 Å². The molecule has 2 rings (SSSR count). The first kappa shape index (κ1) is 16.5. The number of aliphatic hydroxyl groups excluding tert-OH is 1. The Hall–Kier alpha value is -1.91. The van der Waals surface area contributed by atoms with Crippen molar-refractivity contribution in [1.82, 2.24) is 4.98 Å². The quantitative estimate of drug-likeness (QED) is 0.904. The number of nitrogens with one attached hydrogen (secondary N) is 1. The minimum atomic E-state index is -0.914. The number of nitrogens with zero attached hydrogens (tertiary/aromatic N) is 1. The summed E-state index contributed by atoms with van der Waals surface area (Å²) >= 11 is 5.99. The predicted octanol–water partition coefficient (Wildman–Crippen LogP) is 3.80. The topological polar surface area (TPSA) is 62.2 Å². The number of rotatable bonds is 3. The van der Waals surface area contributed by atoms with Crippen molar-refractivity contribution in [2.45, 2.75) is 26.9 Å². The Morgan fingerprint density at radius 1 is 1.27 bits per heavy atom. The van der Waals surface area contributed by atoms with Crippen LogP contribution in [0.3, 0.4) is 0 Å². The van der Waals surface area contributed by atoms with E-state index in [4.69, 9.17) is 11.6 Å². The fourth-order valence-corrected chi connectivity index (χ4v) is 2.04. The summed E-state index contributed by atoms with van der Waals surface area (Å²) in [5, 5.41) is 13.7. The standard InChI is InChI=1S/C17H19ClN2O2/c1-17(2,3)16(22)20-15-13(9-12(18)10-19-15)14(21)11-7-5-4-6-8-11/h4-10,14,21H,1-3H3,(H,19,20,22). The van der Waals surface area contributed by atoms with E-state index in [1.165, 1.54) is 6.20 Å². The average Bonchev–Trinajstić information content (AvgIpc) is 2.48. The lowest BCUT2D eigenvalue weighted by atomic mass is 9.95. The molecule has 1 aromatic heterocycles. The summed E-state index contributed by atoms with van der Waals surface area (Å²) in [6.07, 6.45) is 0.531. The molecule has 0 saturated carbocycles. The number of carbonyl (C=O) groups excluding carboxylic acids is 1. The number of aliphatic hydroxyl groups is 1. The van der Waals surface area contributed by atoms with Crippen LogP contribution in [0.25, 0.3) is 0 Å². The van der Waals surface area contributed by atoms with Gasteiger partial charge in [-0.1, -0.05) is 62.7 Å². The second-order valence-corrected chi connectivity index (χ2v) is 6.55. The van der Waals surface area contributed by atoms with E-state index in [0.717, 1.165) is 0 Å². The maximum Gasteiger partial charge on any atom is 0.230 e.